The fraction of sp³-hybridized carbons (Fsp3) is 0.667. The molecule has 0 spiro atoms. The Labute approximate surface area is 88.0 Å². The molecule has 0 bridgehead atoms. The van der Waals surface area contributed by atoms with Crippen LogP contribution in [0.2, 0.25) is 5.15 Å². The topological polar surface area (TPSA) is 53.1 Å². The van der Waals surface area contributed by atoms with Crippen molar-refractivity contribution in [3.63, 3.8) is 0 Å². The van der Waals surface area contributed by atoms with E-state index in [1.165, 1.54) is 0 Å². The van der Waals surface area contributed by atoms with Crippen LogP contribution in [0.5, 0.6) is 0 Å². The molecule has 0 amide bonds. The van der Waals surface area contributed by atoms with E-state index in [0.29, 0.717) is 17.7 Å². The predicted octanol–water partition coefficient (Wildman–Crippen LogP) is 1.35. The Morgan fingerprint density at radius 1 is 1.57 bits per heavy atom. The lowest BCUT2D eigenvalue weighted by Gasteiger charge is -2.23. The minimum Gasteiger partial charge on any atom is -0.381 e. The first kappa shape index (κ1) is 9.96. The molecule has 2 N–H and O–H groups in total. The Balaban J connectivity index is 2.18. The number of aromatic nitrogens is 2. The minimum absolute atomic E-state index is 0.372. The van der Waals surface area contributed by atoms with Crippen LogP contribution in [0.3, 0.4) is 0 Å². The third kappa shape index (κ3) is 1.78. The van der Waals surface area contributed by atoms with Gasteiger partial charge in [-0.2, -0.15) is 5.10 Å². The van der Waals surface area contributed by atoms with Crippen LogP contribution in [0.1, 0.15) is 24.4 Å². The maximum atomic E-state index is 6.14. The first-order valence-electron chi connectivity index (χ1n) is 4.82. The highest BCUT2D eigenvalue weighted by molar-refractivity contribution is 6.30. The zero-order valence-corrected chi connectivity index (χ0v) is 8.70. The summed E-state index contributed by atoms with van der Waals surface area (Å²) >= 11 is 6.14. The van der Waals surface area contributed by atoms with Crippen LogP contribution in [0.25, 0.3) is 0 Å². The fourth-order valence-electron chi connectivity index (χ4n) is 1.70. The average Bonchev–Trinajstić information content (AvgIpc) is 2.61. The van der Waals surface area contributed by atoms with E-state index in [1.807, 2.05) is 4.68 Å². The molecule has 5 heteroatoms. The van der Waals surface area contributed by atoms with Gasteiger partial charge in [0.25, 0.3) is 0 Å². The number of ether oxygens (including phenoxy) is 1. The maximum absolute atomic E-state index is 6.14. The van der Waals surface area contributed by atoms with Gasteiger partial charge in [0.1, 0.15) is 5.15 Å². The lowest BCUT2D eigenvalue weighted by Crippen LogP contribution is -2.20. The monoisotopic (exact) mass is 215 g/mol. The van der Waals surface area contributed by atoms with Gasteiger partial charge >= 0.3 is 0 Å². The van der Waals surface area contributed by atoms with Gasteiger partial charge in [-0.15, -0.1) is 0 Å². The summed E-state index contributed by atoms with van der Waals surface area (Å²) in [6.45, 7) is 2.03. The molecule has 78 valence electrons. The molecule has 2 heterocycles. The van der Waals surface area contributed by atoms with Crippen molar-refractivity contribution in [1.82, 2.24) is 9.78 Å². The van der Waals surface area contributed by atoms with E-state index >= 15 is 0 Å². The normalized spacial score (nSPS) is 18.7. The van der Waals surface area contributed by atoms with Crippen LogP contribution < -0.4 is 5.73 Å². The first-order valence-corrected chi connectivity index (χ1v) is 5.20. The zero-order chi connectivity index (χ0) is 9.97. The molecular weight excluding hydrogens is 202 g/mol. The molecule has 1 aromatic rings. The predicted molar refractivity (Wildman–Crippen MR) is 54.2 cm³/mol. The van der Waals surface area contributed by atoms with Gasteiger partial charge in [-0.05, 0) is 12.8 Å². The molecule has 0 aliphatic carbocycles. The highest BCUT2D eigenvalue weighted by atomic mass is 35.5. The van der Waals surface area contributed by atoms with Gasteiger partial charge in [0.05, 0.1) is 12.2 Å². The quantitative estimate of drug-likeness (QED) is 0.810. The molecule has 4 nitrogen and oxygen atoms in total. The molecule has 1 aromatic heterocycles. The summed E-state index contributed by atoms with van der Waals surface area (Å²) in [5.41, 5.74) is 6.45. The van der Waals surface area contributed by atoms with Crippen molar-refractivity contribution in [3.05, 3.63) is 16.9 Å². The summed E-state index contributed by atoms with van der Waals surface area (Å²) in [5.74, 6) is 0. The Bertz CT molecular complexity index is 307. The van der Waals surface area contributed by atoms with E-state index < -0.39 is 0 Å². The van der Waals surface area contributed by atoms with Crippen LogP contribution in [-0.2, 0) is 11.3 Å². The van der Waals surface area contributed by atoms with E-state index in [9.17, 15) is 0 Å². The average molecular weight is 216 g/mol. The number of nitrogens with two attached hydrogens (primary N) is 1. The standard InChI is InChI=1S/C9H14ClN3O/c10-9-7(5-11)6-12-13(9)8-1-3-14-4-2-8/h6,8H,1-5,11H2. The molecule has 0 radical (unpaired) electrons. The van der Waals surface area contributed by atoms with Crippen molar-refractivity contribution in [2.45, 2.75) is 25.4 Å². The molecule has 1 aliphatic rings. The highest BCUT2D eigenvalue weighted by Gasteiger charge is 2.19. The lowest BCUT2D eigenvalue weighted by molar-refractivity contribution is 0.0663. The molecular formula is C9H14ClN3O. The van der Waals surface area contributed by atoms with Crippen molar-refractivity contribution >= 4 is 11.6 Å². The van der Waals surface area contributed by atoms with E-state index in [2.05, 4.69) is 5.10 Å². The van der Waals surface area contributed by atoms with Crippen molar-refractivity contribution in [2.75, 3.05) is 13.2 Å². The van der Waals surface area contributed by atoms with Gasteiger partial charge in [-0.1, -0.05) is 11.6 Å². The van der Waals surface area contributed by atoms with Gasteiger partial charge in [-0.3, -0.25) is 4.68 Å². The number of hydrogen-bond acceptors (Lipinski definition) is 3. The van der Waals surface area contributed by atoms with Crippen molar-refractivity contribution in [3.8, 4) is 0 Å². The second-order valence-electron chi connectivity index (χ2n) is 3.45. The molecule has 0 unspecified atom stereocenters. The molecule has 0 atom stereocenters. The van der Waals surface area contributed by atoms with Gasteiger partial charge in [-0.25, -0.2) is 0 Å². The van der Waals surface area contributed by atoms with Crippen molar-refractivity contribution in [1.29, 1.82) is 0 Å². The Morgan fingerprint density at radius 3 is 2.86 bits per heavy atom. The summed E-state index contributed by atoms with van der Waals surface area (Å²) in [6.07, 6.45) is 3.70. The Hall–Kier alpha value is -0.580. The second kappa shape index (κ2) is 4.29. The summed E-state index contributed by atoms with van der Waals surface area (Å²) in [7, 11) is 0. The van der Waals surface area contributed by atoms with Crippen LogP contribution in [0.15, 0.2) is 6.20 Å². The molecule has 2 rings (SSSR count). The van der Waals surface area contributed by atoms with Gasteiger partial charge in [0.2, 0.25) is 0 Å². The molecule has 1 aliphatic heterocycles. The van der Waals surface area contributed by atoms with Crippen LogP contribution in [0, 0.1) is 0 Å². The number of hydrogen-bond donors (Lipinski definition) is 1. The van der Waals surface area contributed by atoms with Crippen molar-refractivity contribution in [2.24, 2.45) is 5.73 Å². The summed E-state index contributed by atoms with van der Waals surface area (Å²) in [5, 5.41) is 4.94. The highest BCUT2D eigenvalue weighted by Crippen LogP contribution is 2.26. The number of halogens is 1. The van der Waals surface area contributed by atoms with E-state index in [1.54, 1.807) is 6.20 Å². The molecule has 0 aromatic carbocycles. The third-order valence-electron chi connectivity index (χ3n) is 2.56. The molecule has 0 saturated carbocycles. The largest absolute Gasteiger partial charge is 0.381 e. The summed E-state index contributed by atoms with van der Waals surface area (Å²) < 4.78 is 7.15. The van der Waals surface area contributed by atoms with Crippen LogP contribution in [-0.4, -0.2) is 23.0 Å². The summed E-state index contributed by atoms with van der Waals surface area (Å²) in [4.78, 5) is 0. The summed E-state index contributed by atoms with van der Waals surface area (Å²) in [6, 6.07) is 0.372. The van der Waals surface area contributed by atoms with E-state index in [4.69, 9.17) is 22.1 Å². The molecule has 14 heavy (non-hydrogen) atoms. The molecule has 1 fully saturated rings. The fourth-order valence-corrected chi connectivity index (χ4v) is 2.01. The van der Waals surface area contributed by atoms with E-state index in [-0.39, 0.29) is 0 Å². The van der Waals surface area contributed by atoms with Crippen LogP contribution in [0.4, 0.5) is 0 Å². The van der Waals surface area contributed by atoms with Crippen molar-refractivity contribution < 1.29 is 4.74 Å². The lowest BCUT2D eigenvalue weighted by atomic mass is 10.1. The number of rotatable bonds is 2. The second-order valence-corrected chi connectivity index (χ2v) is 3.81. The SMILES string of the molecule is NCc1cnn(C2CCOCC2)c1Cl. The van der Waals surface area contributed by atoms with E-state index in [0.717, 1.165) is 31.6 Å². The Morgan fingerprint density at radius 2 is 2.29 bits per heavy atom. The maximum Gasteiger partial charge on any atom is 0.131 e. The van der Waals surface area contributed by atoms with Gasteiger partial charge in [0.15, 0.2) is 0 Å². The first-order chi connectivity index (χ1) is 6.83. The third-order valence-corrected chi connectivity index (χ3v) is 2.98. The zero-order valence-electron chi connectivity index (χ0n) is 7.95. The van der Waals surface area contributed by atoms with Gasteiger partial charge < -0.3 is 10.5 Å². The van der Waals surface area contributed by atoms with Crippen LogP contribution >= 0.6 is 11.6 Å². The number of nitrogens with zero attached hydrogens (tertiary/aromatic N) is 2. The smallest absolute Gasteiger partial charge is 0.131 e. The Kier molecular flexibility index (Phi) is 3.05. The van der Waals surface area contributed by atoms with Gasteiger partial charge in [0, 0.05) is 25.3 Å². The minimum atomic E-state index is 0.372. The molecule has 1 saturated heterocycles.